The van der Waals surface area contributed by atoms with E-state index in [0.717, 1.165) is 16.1 Å². The van der Waals surface area contributed by atoms with E-state index in [2.05, 4.69) is 25.1 Å². The predicted octanol–water partition coefficient (Wildman–Crippen LogP) is 4.67. The number of Topliss-reactive ketones (excluding diaryl/α,β-unsaturated/α-hetero) is 1. The molecule has 0 saturated carbocycles. The summed E-state index contributed by atoms with van der Waals surface area (Å²) < 4.78 is 66.4. The van der Waals surface area contributed by atoms with Crippen LogP contribution in [0.25, 0.3) is 6.08 Å². The molecule has 2 aromatic rings. The van der Waals surface area contributed by atoms with Crippen molar-refractivity contribution in [3.8, 4) is 11.8 Å². The molecule has 162 valence electrons. The van der Waals surface area contributed by atoms with Crippen LogP contribution in [0.2, 0.25) is 0 Å². The van der Waals surface area contributed by atoms with Crippen molar-refractivity contribution >= 4 is 37.9 Å². The van der Waals surface area contributed by atoms with Gasteiger partial charge in [0.25, 0.3) is 0 Å². The monoisotopic (exact) mass is 514 g/mol. The molecular weight excluding hydrogens is 501 g/mol. The van der Waals surface area contributed by atoms with Crippen LogP contribution < -0.4 is 4.18 Å². The molecule has 0 spiro atoms. The molecule has 0 bridgehead atoms. The van der Waals surface area contributed by atoms with Gasteiger partial charge in [-0.1, -0.05) is 29.8 Å². The molecular formula is C20H14BrF3N2O4S. The second kappa shape index (κ2) is 6.71. The number of ketones is 1. The van der Waals surface area contributed by atoms with Gasteiger partial charge < -0.3 is 9.17 Å². The summed E-state index contributed by atoms with van der Waals surface area (Å²) in [6.07, 6.45) is 2.29. The van der Waals surface area contributed by atoms with E-state index in [0.29, 0.717) is 28.1 Å². The summed E-state index contributed by atoms with van der Waals surface area (Å²) in [5.41, 5.74) is -3.05. The van der Waals surface area contributed by atoms with Crippen molar-refractivity contribution in [1.29, 1.82) is 5.26 Å². The maximum atomic E-state index is 12.8. The summed E-state index contributed by atoms with van der Waals surface area (Å²) in [4.78, 5) is 15.9. The van der Waals surface area contributed by atoms with Crippen molar-refractivity contribution in [2.24, 2.45) is 0 Å². The number of aromatic amines is 1. The number of halogens is 4. The topological polar surface area (TPSA) is 100 Å². The molecule has 0 fully saturated rings. The number of alkyl halides is 3. The van der Waals surface area contributed by atoms with Crippen LogP contribution in [-0.2, 0) is 22.0 Å². The maximum Gasteiger partial charge on any atom is 0.534 e. The predicted molar refractivity (Wildman–Crippen MR) is 108 cm³/mol. The van der Waals surface area contributed by atoms with Crippen LogP contribution in [0.15, 0.2) is 16.6 Å². The van der Waals surface area contributed by atoms with Crippen LogP contribution in [0.4, 0.5) is 13.2 Å². The second-order valence-corrected chi connectivity index (χ2v) is 10.4. The molecule has 2 aliphatic carbocycles. The number of rotatable bonds is 2. The van der Waals surface area contributed by atoms with Crippen molar-refractivity contribution in [2.45, 2.75) is 37.6 Å². The first-order valence-electron chi connectivity index (χ1n) is 8.99. The lowest BCUT2D eigenvalue weighted by molar-refractivity contribution is -0.0500. The fraction of sp³-hybridized carbons (Fsp3) is 0.300. The molecule has 11 heteroatoms. The number of allylic oxidation sites excluding steroid dienone is 1. The Kier molecular flexibility index (Phi) is 4.68. The number of nitriles is 1. The van der Waals surface area contributed by atoms with Gasteiger partial charge in [-0.2, -0.15) is 26.9 Å². The minimum atomic E-state index is -5.94. The number of fused-ring (bicyclic) bond motifs is 4. The molecule has 0 saturated heterocycles. The van der Waals surface area contributed by atoms with Gasteiger partial charge >= 0.3 is 15.6 Å². The SMILES string of the molecule is CC1(C)c2cc(OS(=O)(=O)C(F)(F)F)c(C#N)cc2Cc2c1[nH]c1c2C(=O)CC(Br)=C1. The zero-order valence-corrected chi connectivity index (χ0v) is 18.5. The zero-order chi connectivity index (χ0) is 22.9. The van der Waals surface area contributed by atoms with Crippen LogP contribution >= 0.6 is 15.9 Å². The van der Waals surface area contributed by atoms with Crippen LogP contribution in [0.3, 0.4) is 0 Å². The third kappa shape index (κ3) is 3.29. The number of carbonyl (C=O) groups is 1. The molecule has 1 N–H and O–H groups in total. The fourth-order valence-electron chi connectivity index (χ4n) is 4.15. The number of H-pyrrole nitrogens is 1. The Balaban J connectivity index is 1.89. The maximum absolute atomic E-state index is 12.8. The number of nitrogens with one attached hydrogen (secondary N) is 1. The lowest BCUT2D eigenvalue weighted by Crippen LogP contribution is -2.30. The van der Waals surface area contributed by atoms with Crippen molar-refractivity contribution in [3.63, 3.8) is 0 Å². The average molecular weight is 515 g/mol. The normalized spacial score (nSPS) is 17.2. The minimum absolute atomic E-state index is 0.0714. The molecule has 1 heterocycles. The quantitative estimate of drug-likeness (QED) is 0.463. The molecule has 0 amide bonds. The van der Waals surface area contributed by atoms with Gasteiger partial charge in [-0.3, -0.25) is 4.79 Å². The standard InChI is InChI=1S/C20H14BrF3N2O4S/c1-19(2)13-7-16(30-31(28,29)20(22,23)24)10(8-25)3-9(13)4-12-17-14(26-18(12)19)5-11(21)6-15(17)27/h3,5,7,26H,4,6H2,1-2H3. The van der Waals surface area contributed by atoms with Gasteiger partial charge in [-0.15, -0.1) is 0 Å². The largest absolute Gasteiger partial charge is 0.534 e. The summed E-state index contributed by atoms with van der Waals surface area (Å²) in [6, 6.07) is 4.17. The first-order valence-corrected chi connectivity index (χ1v) is 11.2. The Bertz CT molecular complexity index is 1330. The molecule has 0 atom stereocenters. The highest BCUT2D eigenvalue weighted by atomic mass is 79.9. The van der Waals surface area contributed by atoms with Gasteiger partial charge in [0.2, 0.25) is 0 Å². The van der Waals surface area contributed by atoms with Gasteiger partial charge in [0.15, 0.2) is 11.5 Å². The van der Waals surface area contributed by atoms with Crippen molar-refractivity contribution < 1.29 is 30.6 Å². The Morgan fingerprint density at radius 2 is 1.94 bits per heavy atom. The van der Waals surface area contributed by atoms with Crippen molar-refractivity contribution in [3.05, 3.63) is 55.8 Å². The van der Waals surface area contributed by atoms with Crippen molar-refractivity contribution in [2.75, 3.05) is 0 Å². The number of aromatic nitrogens is 1. The van der Waals surface area contributed by atoms with Crippen LogP contribution in [0, 0.1) is 11.3 Å². The van der Waals surface area contributed by atoms with Gasteiger partial charge in [0.05, 0.1) is 11.3 Å². The van der Waals surface area contributed by atoms with E-state index in [1.807, 2.05) is 0 Å². The van der Waals surface area contributed by atoms with E-state index in [1.54, 1.807) is 26.0 Å². The molecule has 1 aromatic heterocycles. The second-order valence-electron chi connectivity index (χ2n) is 7.86. The summed E-state index contributed by atoms with van der Waals surface area (Å²) in [6.45, 7) is 3.59. The lowest BCUT2D eigenvalue weighted by Gasteiger charge is -2.33. The van der Waals surface area contributed by atoms with Crippen molar-refractivity contribution in [1.82, 2.24) is 4.98 Å². The Hall–Kier alpha value is -2.58. The number of benzene rings is 1. The molecule has 4 rings (SSSR count). The van der Waals surface area contributed by atoms with Crippen LogP contribution in [0.1, 0.15) is 64.3 Å². The van der Waals surface area contributed by atoms with E-state index in [1.165, 1.54) is 6.07 Å². The van der Waals surface area contributed by atoms with Gasteiger partial charge in [0, 0.05) is 34.0 Å². The average Bonchev–Trinajstić information content (AvgIpc) is 3.00. The highest BCUT2D eigenvalue weighted by molar-refractivity contribution is 9.11. The summed E-state index contributed by atoms with van der Waals surface area (Å²) in [5, 5.41) is 9.39. The fourth-order valence-corrected chi connectivity index (χ4v) is 5.10. The van der Waals surface area contributed by atoms with Gasteiger partial charge in [-0.25, -0.2) is 0 Å². The molecule has 1 aromatic carbocycles. The van der Waals surface area contributed by atoms with E-state index in [-0.39, 0.29) is 24.2 Å². The lowest BCUT2D eigenvalue weighted by atomic mass is 9.71. The van der Waals surface area contributed by atoms with E-state index in [9.17, 15) is 31.6 Å². The van der Waals surface area contributed by atoms with E-state index < -0.39 is 26.8 Å². The molecule has 0 radical (unpaired) electrons. The first-order chi connectivity index (χ1) is 14.3. The Labute approximate surface area is 184 Å². The third-order valence-electron chi connectivity index (χ3n) is 5.52. The highest BCUT2D eigenvalue weighted by Crippen LogP contribution is 2.46. The van der Waals surface area contributed by atoms with Crippen LogP contribution in [-0.4, -0.2) is 24.7 Å². The summed E-state index contributed by atoms with van der Waals surface area (Å²) >= 11 is 3.34. The smallest absolute Gasteiger partial charge is 0.375 e. The first kappa shape index (κ1) is 21.6. The Morgan fingerprint density at radius 1 is 1.26 bits per heavy atom. The molecule has 31 heavy (non-hydrogen) atoms. The zero-order valence-electron chi connectivity index (χ0n) is 16.1. The van der Waals surface area contributed by atoms with Gasteiger partial charge in [0.1, 0.15) is 6.07 Å². The van der Waals surface area contributed by atoms with Crippen LogP contribution in [0.5, 0.6) is 5.75 Å². The Morgan fingerprint density at radius 3 is 2.55 bits per heavy atom. The summed E-state index contributed by atoms with van der Waals surface area (Å²) in [5.74, 6) is -0.761. The molecule has 6 nitrogen and oxygen atoms in total. The summed E-state index contributed by atoms with van der Waals surface area (Å²) in [7, 11) is -5.94. The minimum Gasteiger partial charge on any atom is -0.375 e. The molecule has 2 aliphatic rings. The molecule has 0 unspecified atom stereocenters. The molecule has 0 aliphatic heterocycles. The third-order valence-corrected chi connectivity index (χ3v) is 6.99. The van der Waals surface area contributed by atoms with Gasteiger partial charge in [-0.05, 0) is 34.9 Å². The van der Waals surface area contributed by atoms with E-state index >= 15 is 0 Å². The number of nitrogens with zero attached hydrogens (tertiary/aromatic N) is 1. The highest BCUT2D eigenvalue weighted by Gasteiger charge is 2.49. The number of carbonyl (C=O) groups excluding carboxylic acids is 1. The number of hydrogen-bond acceptors (Lipinski definition) is 5. The van der Waals surface area contributed by atoms with E-state index in [4.69, 9.17) is 0 Å². The number of hydrogen-bond donors (Lipinski definition) is 1.